The third-order valence-electron chi connectivity index (χ3n) is 6.32. The predicted octanol–water partition coefficient (Wildman–Crippen LogP) is 2.59. The van der Waals surface area contributed by atoms with Crippen LogP contribution in [-0.4, -0.2) is 56.0 Å². The van der Waals surface area contributed by atoms with E-state index < -0.39 is 0 Å². The zero-order valence-electron chi connectivity index (χ0n) is 18.0. The average molecular weight is 448 g/mol. The molecule has 0 radical (unpaired) electrons. The molecule has 2 aromatic heterocycles. The van der Waals surface area contributed by atoms with Crippen LogP contribution >= 0.6 is 0 Å². The van der Waals surface area contributed by atoms with Gasteiger partial charge in [-0.25, -0.2) is 9.97 Å². The molecular weight excluding hydrogens is 424 g/mol. The lowest BCUT2D eigenvalue weighted by molar-refractivity contribution is 0.0850. The number of fused-ring (bicyclic) bond motifs is 1. The number of oxime groups is 1. The standard InChI is InChI=1S/C22H24N8O3/c1-2-18-20(32-13-31-18)7-14(1)9-23-22-24-10-16(11-25-22)19-8-21(28-33-19)30-5-3-15(4-6-30)17-12-26-29-27-17/h1-2,7,10-12,15,19H,3-6,8-9,13H2,(H,23,24,25)(H,26,27,29). The summed E-state index contributed by atoms with van der Waals surface area (Å²) in [6, 6.07) is 5.87. The number of H-pyrrole nitrogens is 1. The summed E-state index contributed by atoms with van der Waals surface area (Å²) in [4.78, 5) is 16.9. The molecule has 1 atom stereocenters. The maximum absolute atomic E-state index is 5.71. The van der Waals surface area contributed by atoms with E-state index >= 15 is 0 Å². The van der Waals surface area contributed by atoms with Crippen molar-refractivity contribution in [2.45, 2.75) is 37.8 Å². The Kier molecular flexibility index (Phi) is 5.13. The van der Waals surface area contributed by atoms with Gasteiger partial charge in [-0.15, -0.1) is 5.10 Å². The largest absolute Gasteiger partial charge is 0.454 e. The Bertz CT molecular complexity index is 1130. The Morgan fingerprint density at radius 3 is 2.73 bits per heavy atom. The number of aromatic nitrogens is 5. The second-order valence-corrected chi connectivity index (χ2v) is 8.36. The molecule has 1 unspecified atom stereocenters. The smallest absolute Gasteiger partial charge is 0.231 e. The van der Waals surface area contributed by atoms with Gasteiger partial charge in [0, 0.05) is 43.5 Å². The van der Waals surface area contributed by atoms with Crippen molar-refractivity contribution in [3.63, 3.8) is 0 Å². The Hall–Kier alpha value is -3.89. The van der Waals surface area contributed by atoms with Gasteiger partial charge in [0.1, 0.15) is 5.84 Å². The molecule has 11 nitrogen and oxygen atoms in total. The number of nitrogens with one attached hydrogen (secondary N) is 2. The van der Waals surface area contributed by atoms with Crippen LogP contribution in [0, 0.1) is 0 Å². The molecule has 11 heteroatoms. The minimum Gasteiger partial charge on any atom is -0.454 e. The van der Waals surface area contributed by atoms with Crippen LogP contribution in [0.2, 0.25) is 0 Å². The third-order valence-corrected chi connectivity index (χ3v) is 6.32. The quantitative estimate of drug-likeness (QED) is 0.606. The van der Waals surface area contributed by atoms with E-state index in [4.69, 9.17) is 14.3 Å². The molecule has 2 N–H and O–H groups in total. The van der Waals surface area contributed by atoms with Gasteiger partial charge in [-0.3, -0.25) is 5.10 Å². The van der Waals surface area contributed by atoms with Crippen molar-refractivity contribution in [2.75, 3.05) is 25.2 Å². The second kappa shape index (κ2) is 8.57. The summed E-state index contributed by atoms with van der Waals surface area (Å²) in [5.41, 5.74) is 3.10. The van der Waals surface area contributed by atoms with Gasteiger partial charge in [-0.05, 0) is 30.5 Å². The van der Waals surface area contributed by atoms with Crippen molar-refractivity contribution in [3.8, 4) is 11.5 Å². The van der Waals surface area contributed by atoms with E-state index in [0.29, 0.717) is 18.4 Å². The van der Waals surface area contributed by atoms with E-state index in [2.05, 4.69) is 40.8 Å². The van der Waals surface area contributed by atoms with Crippen molar-refractivity contribution in [2.24, 2.45) is 5.16 Å². The summed E-state index contributed by atoms with van der Waals surface area (Å²) in [5.74, 6) is 3.57. The first kappa shape index (κ1) is 19.8. The lowest BCUT2D eigenvalue weighted by Crippen LogP contribution is -2.37. The lowest BCUT2D eigenvalue weighted by atomic mass is 9.93. The van der Waals surface area contributed by atoms with Crippen LogP contribution in [0.15, 0.2) is 41.9 Å². The summed E-state index contributed by atoms with van der Waals surface area (Å²) in [7, 11) is 0. The number of piperidine rings is 1. The number of nitrogens with zero attached hydrogens (tertiary/aromatic N) is 6. The van der Waals surface area contributed by atoms with E-state index in [1.165, 1.54) is 0 Å². The van der Waals surface area contributed by atoms with E-state index in [0.717, 1.165) is 66.5 Å². The maximum Gasteiger partial charge on any atom is 0.231 e. The molecule has 0 spiro atoms. The highest BCUT2D eigenvalue weighted by molar-refractivity contribution is 5.83. The summed E-state index contributed by atoms with van der Waals surface area (Å²) in [6.45, 7) is 2.75. The van der Waals surface area contributed by atoms with Gasteiger partial charge < -0.3 is 24.5 Å². The minimum absolute atomic E-state index is 0.155. The van der Waals surface area contributed by atoms with Gasteiger partial charge in [0.05, 0.1) is 18.3 Å². The Labute approximate surface area is 190 Å². The maximum atomic E-state index is 5.71. The van der Waals surface area contributed by atoms with Crippen LogP contribution in [0.3, 0.4) is 0 Å². The predicted molar refractivity (Wildman–Crippen MR) is 118 cm³/mol. The zero-order valence-corrected chi connectivity index (χ0v) is 18.0. The fourth-order valence-corrected chi connectivity index (χ4v) is 4.41. The normalized spacial score (nSPS) is 19.9. The number of likely N-dealkylation sites (tertiary alicyclic amines) is 1. The highest BCUT2D eigenvalue weighted by Crippen LogP contribution is 2.33. The average Bonchev–Trinajstić information content (AvgIpc) is 3.65. The number of benzene rings is 1. The first-order valence-corrected chi connectivity index (χ1v) is 11.1. The van der Waals surface area contributed by atoms with Gasteiger partial charge in [0.15, 0.2) is 17.6 Å². The summed E-state index contributed by atoms with van der Waals surface area (Å²) >= 11 is 0. The van der Waals surface area contributed by atoms with Crippen LogP contribution in [-0.2, 0) is 11.4 Å². The lowest BCUT2D eigenvalue weighted by Gasteiger charge is -2.32. The first-order chi connectivity index (χ1) is 16.3. The number of ether oxygens (including phenoxy) is 2. The third kappa shape index (κ3) is 4.13. The van der Waals surface area contributed by atoms with E-state index in [-0.39, 0.29) is 12.9 Å². The molecule has 0 bridgehead atoms. The molecule has 3 aliphatic heterocycles. The molecule has 1 fully saturated rings. The SMILES string of the molecule is c1cc2c(cc1CNc1ncc(C3CC(N4CCC(c5cnn[nH]5)CC4)=NO3)cn1)OCO2. The molecule has 3 aromatic rings. The number of amidine groups is 1. The van der Waals surface area contributed by atoms with Crippen LogP contribution < -0.4 is 14.8 Å². The molecule has 0 saturated carbocycles. The molecule has 0 aliphatic carbocycles. The van der Waals surface area contributed by atoms with Crippen LogP contribution in [0.1, 0.15) is 48.1 Å². The fourth-order valence-electron chi connectivity index (χ4n) is 4.41. The Morgan fingerprint density at radius 2 is 1.91 bits per heavy atom. The monoisotopic (exact) mass is 448 g/mol. The van der Waals surface area contributed by atoms with Gasteiger partial charge >= 0.3 is 0 Å². The van der Waals surface area contributed by atoms with E-state index in [1.807, 2.05) is 24.4 Å². The molecule has 0 amide bonds. The van der Waals surface area contributed by atoms with Crippen molar-refractivity contribution in [3.05, 3.63) is 53.6 Å². The Balaban J connectivity index is 1.00. The number of rotatable bonds is 5. The highest BCUT2D eigenvalue weighted by atomic mass is 16.7. The van der Waals surface area contributed by atoms with Crippen molar-refractivity contribution in [1.82, 2.24) is 30.3 Å². The van der Waals surface area contributed by atoms with E-state index in [1.54, 1.807) is 12.4 Å². The molecule has 1 aromatic carbocycles. The van der Waals surface area contributed by atoms with E-state index in [9.17, 15) is 0 Å². The molecule has 1 saturated heterocycles. The number of aromatic amines is 1. The first-order valence-electron chi connectivity index (χ1n) is 11.1. The molecule has 6 rings (SSSR count). The topological polar surface area (TPSA) is 123 Å². The molecule has 170 valence electrons. The van der Waals surface area contributed by atoms with Gasteiger partial charge in [0.2, 0.25) is 12.7 Å². The summed E-state index contributed by atoms with van der Waals surface area (Å²) < 4.78 is 10.8. The van der Waals surface area contributed by atoms with Gasteiger partial charge in [-0.2, -0.15) is 0 Å². The fraction of sp³-hybridized carbons (Fsp3) is 0.409. The number of anilines is 1. The van der Waals surface area contributed by atoms with Crippen LogP contribution in [0.25, 0.3) is 0 Å². The molecular formula is C22H24N8O3. The molecule has 33 heavy (non-hydrogen) atoms. The molecule has 5 heterocycles. The van der Waals surface area contributed by atoms with Gasteiger partial charge in [0.25, 0.3) is 0 Å². The number of hydrogen-bond acceptors (Lipinski definition) is 10. The van der Waals surface area contributed by atoms with Gasteiger partial charge in [-0.1, -0.05) is 16.4 Å². The zero-order chi connectivity index (χ0) is 22.0. The van der Waals surface area contributed by atoms with Crippen LogP contribution in [0.4, 0.5) is 5.95 Å². The molecule has 3 aliphatic rings. The summed E-state index contributed by atoms with van der Waals surface area (Å²) in [6.07, 6.45) is 8.08. The minimum atomic E-state index is -0.155. The van der Waals surface area contributed by atoms with Crippen molar-refractivity contribution >= 4 is 11.8 Å². The summed E-state index contributed by atoms with van der Waals surface area (Å²) in [5, 5.41) is 18.3. The van der Waals surface area contributed by atoms with Crippen molar-refractivity contribution < 1.29 is 14.3 Å². The highest BCUT2D eigenvalue weighted by Gasteiger charge is 2.30. The second-order valence-electron chi connectivity index (χ2n) is 8.36. The number of hydrogen-bond donors (Lipinski definition) is 2. The van der Waals surface area contributed by atoms with Crippen LogP contribution in [0.5, 0.6) is 11.5 Å². The Morgan fingerprint density at radius 1 is 1.06 bits per heavy atom. The van der Waals surface area contributed by atoms with Crippen molar-refractivity contribution in [1.29, 1.82) is 0 Å².